The number of halogens is 2. The third kappa shape index (κ3) is 1.36. The molecular weight excluding hydrogens is 234 g/mol. The number of hydrogen-bond donors (Lipinski definition) is 0. The Morgan fingerprint density at radius 1 is 1.12 bits per heavy atom. The first-order valence-corrected chi connectivity index (χ1v) is 4.04. The second kappa shape index (κ2) is 2.69. The molecule has 1 nitrogen and oxygen atoms in total. The number of hydrogen-bond acceptors (Lipinski definition) is 0. The Hall–Kier alpha value is 0.240. The molecular formula is C5H5Br2N. The number of nitrogens with zero attached hydrogens (tertiary/aromatic N) is 1. The van der Waals surface area contributed by atoms with Crippen molar-refractivity contribution in [3.8, 4) is 0 Å². The third-order valence-corrected chi connectivity index (χ3v) is 1.80. The molecule has 44 valence electrons. The van der Waals surface area contributed by atoms with E-state index in [9.17, 15) is 0 Å². The van der Waals surface area contributed by atoms with Gasteiger partial charge in [-0.1, -0.05) is 31.9 Å². The molecule has 1 aromatic heterocycles. The van der Waals surface area contributed by atoms with Crippen LogP contribution in [-0.4, -0.2) is 4.57 Å². The van der Waals surface area contributed by atoms with Crippen LogP contribution in [0.1, 0.15) is 3.86 Å². The molecule has 0 fully saturated rings. The zero-order valence-electron chi connectivity index (χ0n) is 4.09. The highest BCUT2D eigenvalue weighted by Crippen LogP contribution is 2.21. The quantitative estimate of drug-likeness (QED) is 0.664. The zero-order chi connectivity index (χ0) is 5.98. The predicted octanol–water partition coefficient (Wildman–Crippen LogP) is 2.73. The van der Waals surface area contributed by atoms with Crippen LogP contribution in [0.4, 0.5) is 0 Å². The van der Waals surface area contributed by atoms with E-state index in [-0.39, 0.29) is 3.86 Å². The molecule has 8 heavy (non-hydrogen) atoms. The van der Waals surface area contributed by atoms with Crippen molar-refractivity contribution in [1.29, 1.82) is 0 Å². The molecule has 0 saturated heterocycles. The molecule has 3 heteroatoms. The normalized spacial score (nSPS) is 10.4. The molecule has 0 saturated carbocycles. The molecule has 1 aromatic rings. The minimum atomic E-state index is 0.227. The van der Waals surface area contributed by atoms with Crippen molar-refractivity contribution in [2.45, 2.75) is 3.86 Å². The molecule has 0 atom stereocenters. The lowest BCUT2D eigenvalue weighted by atomic mass is 10.7. The molecule has 0 aliphatic heterocycles. The Kier molecular flexibility index (Phi) is 2.14. The van der Waals surface area contributed by atoms with Crippen LogP contribution >= 0.6 is 31.9 Å². The highest BCUT2D eigenvalue weighted by Gasteiger charge is 1.94. The molecule has 0 aliphatic rings. The van der Waals surface area contributed by atoms with Crippen LogP contribution in [0.5, 0.6) is 0 Å². The zero-order valence-corrected chi connectivity index (χ0v) is 7.26. The van der Waals surface area contributed by atoms with Crippen LogP contribution in [0, 0.1) is 0 Å². The van der Waals surface area contributed by atoms with E-state index in [0.717, 1.165) is 0 Å². The van der Waals surface area contributed by atoms with Gasteiger partial charge < -0.3 is 4.57 Å². The molecule has 1 heterocycles. The second-order valence-corrected chi connectivity index (χ2v) is 4.37. The van der Waals surface area contributed by atoms with E-state index in [1.807, 2.05) is 29.1 Å². The van der Waals surface area contributed by atoms with Crippen molar-refractivity contribution in [3.63, 3.8) is 0 Å². The molecule has 0 aromatic carbocycles. The van der Waals surface area contributed by atoms with E-state index < -0.39 is 0 Å². The largest absolute Gasteiger partial charge is 0.332 e. The van der Waals surface area contributed by atoms with Crippen molar-refractivity contribution >= 4 is 31.9 Å². The Bertz CT molecular complexity index is 145. The van der Waals surface area contributed by atoms with Gasteiger partial charge in [0.05, 0.1) is 0 Å². The summed E-state index contributed by atoms with van der Waals surface area (Å²) in [5.41, 5.74) is 0. The van der Waals surface area contributed by atoms with Crippen LogP contribution in [0.2, 0.25) is 0 Å². The van der Waals surface area contributed by atoms with Crippen LogP contribution in [0.3, 0.4) is 0 Å². The lowest BCUT2D eigenvalue weighted by Gasteiger charge is -1.99. The summed E-state index contributed by atoms with van der Waals surface area (Å²) in [7, 11) is 0. The number of rotatable bonds is 1. The molecule has 1 rings (SSSR count). The number of aromatic nitrogens is 1. The summed E-state index contributed by atoms with van der Waals surface area (Å²) < 4.78 is 2.23. The van der Waals surface area contributed by atoms with Gasteiger partial charge in [-0.2, -0.15) is 0 Å². The van der Waals surface area contributed by atoms with Gasteiger partial charge in [-0.25, -0.2) is 0 Å². The third-order valence-electron chi connectivity index (χ3n) is 0.853. The molecule has 0 radical (unpaired) electrons. The maximum absolute atomic E-state index is 3.34. The topological polar surface area (TPSA) is 4.93 Å². The second-order valence-electron chi connectivity index (χ2n) is 1.41. The maximum atomic E-state index is 3.34. The van der Waals surface area contributed by atoms with Crippen LogP contribution in [0.25, 0.3) is 0 Å². The Morgan fingerprint density at radius 2 is 1.62 bits per heavy atom. The van der Waals surface area contributed by atoms with Gasteiger partial charge in [-0.05, 0) is 12.1 Å². The highest BCUT2D eigenvalue weighted by atomic mass is 79.9. The summed E-state index contributed by atoms with van der Waals surface area (Å²) in [5.74, 6) is 0. The minimum Gasteiger partial charge on any atom is -0.332 e. The summed E-state index contributed by atoms with van der Waals surface area (Å²) in [5, 5.41) is 0. The SMILES string of the molecule is BrC(Br)n1cccc1. The smallest absolute Gasteiger partial charge is 0.144 e. The molecule has 0 N–H and O–H groups in total. The average Bonchev–Trinajstić information content (AvgIpc) is 2.12. The highest BCUT2D eigenvalue weighted by molar-refractivity contribution is 9.24. The van der Waals surface area contributed by atoms with Crippen molar-refractivity contribution < 1.29 is 0 Å². The lowest BCUT2D eigenvalue weighted by Crippen LogP contribution is -1.87. The van der Waals surface area contributed by atoms with Crippen LogP contribution in [-0.2, 0) is 0 Å². The van der Waals surface area contributed by atoms with E-state index >= 15 is 0 Å². The van der Waals surface area contributed by atoms with Gasteiger partial charge in [0.15, 0.2) is 0 Å². The first kappa shape index (κ1) is 6.36. The van der Waals surface area contributed by atoms with Crippen LogP contribution < -0.4 is 0 Å². The summed E-state index contributed by atoms with van der Waals surface area (Å²) >= 11 is 6.68. The van der Waals surface area contributed by atoms with Gasteiger partial charge in [-0.15, -0.1) is 0 Å². The van der Waals surface area contributed by atoms with E-state index in [0.29, 0.717) is 0 Å². The van der Waals surface area contributed by atoms with Gasteiger partial charge in [0.25, 0.3) is 0 Å². The summed E-state index contributed by atoms with van der Waals surface area (Å²) in [6.45, 7) is 0. The van der Waals surface area contributed by atoms with Crippen molar-refractivity contribution in [2.24, 2.45) is 0 Å². The standard InChI is InChI=1S/C5H5Br2N/c6-5(7)8-3-1-2-4-8/h1-5H. The van der Waals surface area contributed by atoms with Gasteiger partial charge in [0, 0.05) is 12.4 Å². The van der Waals surface area contributed by atoms with Gasteiger partial charge in [0.1, 0.15) is 3.86 Å². The van der Waals surface area contributed by atoms with Crippen LogP contribution in [0.15, 0.2) is 24.5 Å². The first-order valence-electron chi connectivity index (χ1n) is 2.21. The van der Waals surface area contributed by atoms with E-state index in [2.05, 4.69) is 31.9 Å². The Labute approximate surface area is 65.0 Å². The number of alkyl halides is 2. The van der Waals surface area contributed by atoms with E-state index in [4.69, 9.17) is 0 Å². The molecule has 0 unspecified atom stereocenters. The van der Waals surface area contributed by atoms with E-state index in [1.54, 1.807) is 0 Å². The van der Waals surface area contributed by atoms with E-state index in [1.165, 1.54) is 0 Å². The van der Waals surface area contributed by atoms with Crippen molar-refractivity contribution in [2.75, 3.05) is 0 Å². The Balaban J connectivity index is 2.77. The minimum absolute atomic E-state index is 0.227. The molecule has 0 amide bonds. The molecule has 0 bridgehead atoms. The van der Waals surface area contributed by atoms with Crippen molar-refractivity contribution in [3.05, 3.63) is 24.5 Å². The van der Waals surface area contributed by atoms with Gasteiger partial charge in [-0.3, -0.25) is 0 Å². The summed E-state index contributed by atoms with van der Waals surface area (Å²) in [6, 6.07) is 3.96. The average molecular weight is 239 g/mol. The maximum Gasteiger partial charge on any atom is 0.144 e. The Morgan fingerprint density at radius 3 is 1.88 bits per heavy atom. The lowest BCUT2D eigenvalue weighted by molar-refractivity contribution is 0.907. The monoisotopic (exact) mass is 237 g/mol. The summed E-state index contributed by atoms with van der Waals surface area (Å²) in [4.78, 5) is 0. The predicted molar refractivity (Wildman–Crippen MR) is 41.3 cm³/mol. The van der Waals surface area contributed by atoms with Gasteiger partial charge in [0.2, 0.25) is 0 Å². The first-order chi connectivity index (χ1) is 3.80. The fourth-order valence-electron chi connectivity index (χ4n) is 0.478. The van der Waals surface area contributed by atoms with Gasteiger partial charge >= 0.3 is 0 Å². The van der Waals surface area contributed by atoms with Crippen molar-refractivity contribution in [1.82, 2.24) is 4.57 Å². The molecule has 0 spiro atoms. The molecule has 0 aliphatic carbocycles. The fraction of sp³-hybridized carbons (Fsp3) is 0.200. The fourth-order valence-corrected chi connectivity index (χ4v) is 1.02. The summed E-state index contributed by atoms with van der Waals surface area (Å²) in [6.07, 6.45) is 3.96.